The van der Waals surface area contributed by atoms with E-state index >= 15 is 0 Å². The largest absolute Gasteiger partial charge is 0.366 e. The Hall–Kier alpha value is -3.15. The standard InChI is InChI=1S/C15H17N9/c1-2-11-7-19-24(8-11)15(3-4-16)9-22(10-15)12-13-20-14(17)21-23(13)6-5-18-12/h5-8H,2-3,9-10H2,1H3,(H2,17,21). The van der Waals surface area contributed by atoms with Gasteiger partial charge < -0.3 is 10.6 Å². The molecule has 0 bridgehead atoms. The molecule has 0 aliphatic carbocycles. The Bertz CT molecular complexity index is 926. The topological polar surface area (TPSA) is 114 Å². The number of nitrogens with zero attached hydrogens (tertiary/aromatic N) is 8. The molecule has 3 aromatic rings. The van der Waals surface area contributed by atoms with Gasteiger partial charge >= 0.3 is 0 Å². The summed E-state index contributed by atoms with van der Waals surface area (Å²) in [6.45, 7) is 3.38. The van der Waals surface area contributed by atoms with Crippen LogP contribution in [0.15, 0.2) is 24.8 Å². The van der Waals surface area contributed by atoms with E-state index in [-0.39, 0.29) is 11.5 Å². The third kappa shape index (κ3) is 2.07. The normalized spacial score (nSPS) is 16.1. The first-order valence-corrected chi connectivity index (χ1v) is 7.78. The zero-order valence-electron chi connectivity index (χ0n) is 13.3. The average molecular weight is 323 g/mol. The van der Waals surface area contributed by atoms with E-state index in [1.54, 1.807) is 16.9 Å². The minimum Gasteiger partial charge on any atom is -0.366 e. The monoisotopic (exact) mass is 323 g/mol. The van der Waals surface area contributed by atoms with Gasteiger partial charge in [0, 0.05) is 31.7 Å². The molecular formula is C15H17N9. The van der Waals surface area contributed by atoms with Crippen molar-refractivity contribution in [2.75, 3.05) is 23.7 Å². The fourth-order valence-electron chi connectivity index (χ4n) is 3.15. The van der Waals surface area contributed by atoms with Gasteiger partial charge in [0.1, 0.15) is 5.54 Å². The van der Waals surface area contributed by atoms with Crippen molar-refractivity contribution < 1.29 is 0 Å². The molecule has 122 valence electrons. The Kier molecular flexibility index (Phi) is 3.13. The lowest BCUT2D eigenvalue weighted by Gasteiger charge is -2.49. The summed E-state index contributed by atoms with van der Waals surface area (Å²) in [5.41, 5.74) is 7.14. The average Bonchev–Trinajstić information content (AvgIpc) is 3.15. The molecule has 0 saturated carbocycles. The summed E-state index contributed by atoms with van der Waals surface area (Å²) in [7, 11) is 0. The van der Waals surface area contributed by atoms with Crippen LogP contribution in [0.4, 0.5) is 11.8 Å². The molecule has 1 aliphatic heterocycles. The molecule has 1 fully saturated rings. The second kappa shape index (κ2) is 5.19. The molecule has 0 spiro atoms. The number of aryl methyl sites for hydroxylation is 1. The number of hydrogen-bond acceptors (Lipinski definition) is 7. The van der Waals surface area contributed by atoms with Gasteiger partial charge in [-0.3, -0.25) is 4.68 Å². The Labute approximate surface area is 138 Å². The van der Waals surface area contributed by atoms with Crippen LogP contribution >= 0.6 is 0 Å². The Morgan fingerprint density at radius 1 is 1.42 bits per heavy atom. The SMILES string of the molecule is CCc1cnn(C2(CC#N)CN(c3nccn4nc(N)nc34)C2)c1. The zero-order chi connectivity index (χ0) is 16.7. The number of nitrogen functional groups attached to an aromatic ring is 1. The van der Waals surface area contributed by atoms with Crippen LogP contribution in [0.3, 0.4) is 0 Å². The molecule has 24 heavy (non-hydrogen) atoms. The van der Waals surface area contributed by atoms with E-state index < -0.39 is 0 Å². The van der Waals surface area contributed by atoms with Crippen molar-refractivity contribution in [3.63, 3.8) is 0 Å². The van der Waals surface area contributed by atoms with Crippen molar-refractivity contribution in [2.45, 2.75) is 25.3 Å². The van der Waals surface area contributed by atoms with Gasteiger partial charge in [0.15, 0.2) is 11.5 Å². The van der Waals surface area contributed by atoms with Gasteiger partial charge in [-0.2, -0.15) is 15.3 Å². The van der Waals surface area contributed by atoms with Gasteiger partial charge in [-0.05, 0) is 12.0 Å². The molecule has 4 heterocycles. The van der Waals surface area contributed by atoms with E-state index in [0.717, 1.165) is 17.8 Å². The highest BCUT2D eigenvalue weighted by Crippen LogP contribution is 2.36. The van der Waals surface area contributed by atoms with Crippen LogP contribution < -0.4 is 10.6 Å². The number of nitrogens with two attached hydrogens (primary N) is 1. The number of rotatable bonds is 4. The summed E-state index contributed by atoms with van der Waals surface area (Å²) in [4.78, 5) is 10.7. The van der Waals surface area contributed by atoms with Gasteiger partial charge in [-0.15, -0.1) is 5.10 Å². The van der Waals surface area contributed by atoms with Crippen molar-refractivity contribution in [3.05, 3.63) is 30.4 Å². The van der Waals surface area contributed by atoms with E-state index in [1.807, 2.05) is 17.1 Å². The molecule has 0 amide bonds. The molecule has 0 atom stereocenters. The lowest BCUT2D eigenvalue weighted by molar-refractivity contribution is 0.197. The molecule has 9 heteroatoms. The molecule has 0 radical (unpaired) electrons. The minimum absolute atomic E-state index is 0.215. The van der Waals surface area contributed by atoms with Crippen molar-refractivity contribution in [1.29, 1.82) is 5.26 Å². The molecule has 9 nitrogen and oxygen atoms in total. The Morgan fingerprint density at radius 3 is 2.96 bits per heavy atom. The van der Waals surface area contributed by atoms with E-state index in [9.17, 15) is 5.26 Å². The lowest BCUT2D eigenvalue weighted by Crippen LogP contribution is -2.63. The van der Waals surface area contributed by atoms with Crippen molar-refractivity contribution in [3.8, 4) is 6.07 Å². The second-order valence-corrected chi connectivity index (χ2v) is 6.05. The van der Waals surface area contributed by atoms with Crippen LogP contribution in [0.25, 0.3) is 5.65 Å². The van der Waals surface area contributed by atoms with E-state index in [2.05, 4.69) is 38.1 Å². The lowest BCUT2D eigenvalue weighted by atomic mass is 9.87. The highest BCUT2D eigenvalue weighted by molar-refractivity contribution is 5.66. The number of aromatic nitrogens is 6. The first kappa shape index (κ1) is 14.4. The van der Waals surface area contributed by atoms with Gasteiger partial charge in [0.05, 0.1) is 18.7 Å². The Balaban J connectivity index is 1.65. The second-order valence-electron chi connectivity index (χ2n) is 6.05. The van der Waals surface area contributed by atoms with Gasteiger partial charge in [0.25, 0.3) is 0 Å². The summed E-state index contributed by atoms with van der Waals surface area (Å²) in [5, 5.41) is 17.8. The van der Waals surface area contributed by atoms with E-state index in [4.69, 9.17) is 5.73 Å². The summed E-state index contributed by atoms with van der Waals surface area (Å²) < 4.78 is 3.54. The molecule has 3 aromatic heterocycles. The summed E-state index contributed by atoms with van der Waals surface area (Å²) in [6, 6.07) is 2.29. The molecule has 0 aromatic carbocycles. The predicted molar refractivity (Wildman–Crippen MR) is 87.2 cm³/mol. The van der Waals surface area contributed by atoms with Crippen LogP contribution in [0.5, 0.6) is 0 Å². The smallest absolute Gasteiger partial charge is 0.240 e. The molecule has 4 rings (SSSR count). The van der Waals surface area contributed by atoms with E-state index in [1.165, 1.54) is 0 Å². The third-order valence-electron chi connectivity index (χ3n) is 4.46. The summed E-state index contributed by atoms with van der Waals surface area (Å²) >= 11 is 0. The Morgan fingerprint density at radius 2 is 2.25 bits per heavy atom. The molecular weight excluding hydrogens is 306 g/mol. The summed E-state index contributed by atoms with van der Waals surface area (Å²) in [5.74, 6) is 0.936. The van der Waals surface area contributed by atoms with Crippen LogP contribution in [-0.2, 0) is 12.0 Å². The maximum absolute atomic E-state index is 9.26. The molecule has 0 unspecified atom stereocenters. The maximum atomic E-state index is 9.26. The van der Waals surface area contributed by atoms with E-state index in [0.29, 0.717) is 25.2 Å². The van der Waals surface area contributed by atoms with Crippen LogP contribution in [0.2, 0.25) is 0 Å². The highest BCUT2D eigenvalue weighted by Gasteiger charge is 2.46. The summed E-state index contributed by atoms with van der Waals surface area (Å²) in [6.07, 6.45) is 8.59. The molecule has 1 aliphatic rings. The van der Waals surface area contributed by atoms with Crippen LogP contribution in [0.1, 0.15) is 18.9 Å². The third-order valence-corrected chi connectivity index (χ3v) is 4.46. The number of anilines is 2. The molecule has 1 saturated heterocycles. The number of hydrogen-bond donors (Lipinski definition) is 1. The fraction of sp³-hybridized carbons (Fsp3) is 0.400. The highest BCUT2D eigenvalue weighted by atomic mass is 15.4. The van der Waals surface area contributed by atoms with Crippen LogP contribution in [-0.4, -0.2) is 42.5 Å². The quantitative estimate of drug-likeness (QED) is 0.747. The van der Waals surface area contributed by atoms with Crippen LogP contribution in [0, 0.1) is 11.3 Å². The number of fused-ring (bicyclic) bond motifs is 1. The van der Waals surface area contributed by atoms with Crippen molar-refractivity contribution in [1.82, 2.24) is 29.4 Å². The predicted octanol–water partition coefficient (Wildman–Crippen LogP) is 0.595. The first-order chi connectivity index (χ1) is 11.6. The number of nitriles is 1. The minimum atomic E-state index is -0.331. The van der Waals surface area contributed by atoms with Crippen molar-refractivity contribution >= 4 is 17.4 Å². The van der Waals surface area contributed by atoms with Gasteiger partial charge in [0.2, 0.25) is 5.95 Å². The fourth-order valence-corrected chi connectivity index (χ4v) is 3.15. The van der Waals surface area contributed by atoms with Gasteiger partial charge in [-0.1, -0.05) is 6.92 Å². The first-order valence-electron chi connectivity index (χ1n) is 7.78. The maximum Gasteiger partial charge on any atom is 0.240 e. The van der Waals surface area contributed by atoms with Gasteiger partial charge in [-0.25, -0.2) is 9.50 Å². The molecule has 2 N–H and O–H groups in total. The van der Waals surface area contributed by atoms with Crippen molar-refractivity contribution in [2.24, 2.45) is 0 Å². The zero-order valence-corrected chi connectivity index (χ0v) is 13.3.